The van der Waals surface area contributed by atoms with Crippen molar-refractivity contribution < 1.29 is 24.2 Å². The summed E-state index contributed by atoms with van der Waals surface area (Å²) in [5, 5.41) is 16.8. The van der Waals surface area contributed by atoms with Crippen molar-refractivity contribution >= 4 is 39.8 Å². The Balaban J connectivity index is 1.62. The molecule has 0 aliphatic carbocycles. The Morgan fingerprint density at radius 1 is 0.900 bits per heavy atom. The molecule has 0 fully saturated rings. The largest absolute Gasteiger partial charge is 0.491 e. The van der Waals surface area contributed by atoms with Crippen LogP contribution in [0.2, 0.25) is 0 Å². The van der Waals surface area contributed by atoms with Gasteiger partial charge in [-0.15, -0.1) is 0 Å². The summed E-state index contributed by atoms with van der Waals surface area (Å²) >= 11 is 0. The van der Waals surface area contributed by atoms with Gasteiger partial charge in [-0.05, 0) is 35.7 Å². The van der Waals surface area contributed by atoms with E-state index in [0.717, 1.165) is 10.8 Å². The number of carbonyl (C=O) groups excluding carboxylic acids is 2. The van der Waals surface area contributed by atoms with E-state index in [9.17, 15) is 14.7 Å². The van der Waals surface area contributed by atoms with Gasteiger partial charge in [-0.3, -0.25) is 10.1 Å². The average molecular weight is 540 g/mol. The van der Waals surface area contributed by atoms with Gasteiger partial charge in [-0.1, -0.05) is 86.7 Å². The molecule has 0 aliphatic heterocycles. The van der Waals surface area contributed by atoms with Crippen LogP contribution in [-0.4, -0.2) is 30.3 Å². The Morgan fingerprint density at radius 2 is 1.57 bits per heavy atom. The first-order valence-electron chi connectivity index (χ1n) is 12.9. The Bertz CT molecular complexity index is 1510. The van der Waals surface area contributed by atoms with Crippen LogP contribution in [0.25, 0.3) is 10.8 Å². The number of ether oxygens (including phenoxy) is 2. The molecule has 0 aliphatic rings. The number of aliphatic hydroxyl groups excluding tert-OH is 1. The highest BCUT2D eigenvalue weighted by atomic mass is 16.6. The molecular weight excluding hydrogens is 506 g/mol. The van der Waals surface area contributed by atoms with Crippen LogP contribution in [0.15, 0.2) is 103 Å². The number of nitrogens with two attached hydrogens (primary N) is 1. The number of hydrogen-bond donors (Lipinski definition) is 4. The summed E-state index contributed by atoms with van der Waals surface area (Å²) in [6, 6.07) is 27.5. The maximum atomic E-state index is 13.3. The van der Waals surface area contributed by atoms with Crippen molar-refractivity contribution in [2.75, 3.05) is 29.6 Å². The highest BCUT2D eigenvalue weighted by molar-refractivity contribution is 6.01. The Labute approximate surface area is 233 Å². The minimum Gasteiger partial charge on any atom is -0.491 e. The first-order valence-corrected chi connectivity index (χ1v) is 12.9. The second kappa shape index (κ2) is 12.8. The Kier molecular flexibility index (Phi) is 9.04. The van der Waals surface area contributed by atoms with Crippen molar-refractivity contribution in [2.45, 2.75) is 20.0 Å². The molecule has 0 saturated carbocycles. The van der Waals surface area contributed by atoms with Gasteiger partial charge >= 0.3 is 6.09 Å². The molecule has 0 bridgehead atoms. The average Bonchev–Trinajstić information content (AvgIpc) is 2.95. The van der Waals surface area contributed by atoms with Gasteiger partial charge < -0.3 is 25.6 Å². The lowest BCUT2D eigenvalue weighted by Crippen LogP contribution is -2.28. The highest BCUT2D eigenvalue weighted by Gasteiger charge is 2.35. The molecule has 0 heterocycles. The molecule has 0 saturated heterocycles. The maximum Gasteiger partial charge on any atom is 0.412 e. The smallest absolute Gasteiger partial charge is 0.412 e. The topological polar surface area (TPSA) is 123 Å². The molecule has 0 aromatic heterocycles. The second-order valence-electron chi connectivity index (χ2n) is 9.78. The van der Waals surface area contributed by atoms with Gasteiger partial charge in [0.05, 0.1) is 23.7 Å². The molecule has 0 unspecified atom stereocenters. The Morgan fingerprint density at radius 3 is 2.38 bits per heavy atom. The van der Waals surface area contributed by atoms with Crippen LogP contribution in [0.1, 0.15) is 25.5 Å². The third kappa shape index (κ3) is 6.98. The molecule has 4 aromatic carbocycles. The maximum absolute atomic E-state index is 13.3. The van der Waals surface area contributed by atoms with Crippen LogP contribution in [0.5, 0.6) is 5.75 Å². The summed E-state index contributed by atoms with van der Waals surface area (Å²) in [6.07, 6.45) is 1.55. The number of rotatable bonds is 10. The standard InChI is InChI=1S/C32H33N3O5/c1-32(2,19-18-29(37)34-27-15-7-6-14-25(27)33)30(24-13-5-8-17-28(24)39-21-20-36)40-31(38)35-26-16-9-11-22-10-3-4-12-23(22)26/h3-19,30,36H,20-21,33H2,1-2H3,(H,34,37)(H,35,38)/b19-18+/t30-/m0/s1. The monoisotopic (exact) mass is 539 g/mol. The van der Waals surface area contributed by atoms with Crippen molar-refractivity contribution in [1.82, 2.24) is 0 Å². The number of anilines is 3. The fraction of sp³-hybridized carbons (Fsp3) is 0.188. The van der Waals surface area contributed by atoms with E-state index in [0.29, 0.717) is 28.4 Å². The number of nitrogen functional groups attached to an aromatic ring is 1. The fourth-order valence-corrected chi connectivity index (χ4v) is 4.34. The number of benzene rings is 4. The van der Waals surface area contributed by atoms with E-state index in [1.54, 1.807) is 48.5 Å². The van der Waals surface area contributed by atoms with Crippen molar-refractivity contribution in [3.05, 3.63) is 109 Å². The highest BCUT2D eigenvalue weighted by Crippen LogP contribution is 2.42. The van der Waals surface area contributed by atoms with Crippen LogP contribution in [0, 0.1) is 5.41 Å². The molecule has 40 heavy (non-hydrogen) atoms. The SMILES string of the molecule is CC(C)(/C=C/C(=O)Nc1ccccc1N)[C@@H](OC(=O)Nc1cccc2ccccc12)c1ccccc1OCCO. The lowest BCUT2D eigenvalue weighted by Gasteiger charge is -2.32. The van der Waals surface area contributed by atoms with Gasteiger partial charge in [0.1, 0.15) is 18.5 Å². The lowest BCUT2D eigenvalue weighted by molar-refractivity contribution is -0.112. The van der Waals surface area contributed by atoms with Crippen LogP contribution >= 0.6 is 0 Å². The summed E-state index contributed by atoms with van der Waals surface area (Å²) in [5.41, 5.74) is 7.23. The number of carbonyl (C=O) groups is 2. The summed E-state index contributed by atoms with van der Waals surface area (Å²) in [5.74, 6) is 0.0808. The summed E-state index contributed by atoms with van der Waals surface area (Å²) in [6.45, 7) is 3.61. The first-order chi connectivity index (χ1) is 19.3. The predicted octanol–water partition coefficient (Wildman–Crippen LogP) is 6.30. The second-order valence-corrected chi connectivity index (χ2v) is 9.78. The minimum atomic E-state index is -0.867. The summed E-state index contributed by atoms with van der Waals surface area (Å²) in [4.78, 5) is 26.0. The van der Waals surface area contributed by atoms with Crippen molar-refractivity contribution in [3.63, 3.8) is 0 Å². The van der Waals surface area contributed by atoms with Gasteiger partial charge in [0.15, 0.2) is 0 Å². The zero-order valence-corrected chi connectivity index (χ0v) is 22.5. The molecule has 4 rings (SSSR count). The predicted molar refractivity (Wildman–Crippen MR) is 158 cm³/mol. The van der Waals surface area contributed by atoms with Crippen LogP contribution in [0.3, 0.4) is 0 Å². The third-order valence-electron chi connectivity index (χ3n) is 6.36. The molecule has 4 aromatic rings. The third-order valence-corrected chi connectivity index (χ3v) is 6.36. The van der Waals surface area contributed by atoms with Crippen LogP contribution < -0.4 is 21.1 Å². The lowest BCUT2D eigenvalue weighted by atomic mass is 9.81. The number of amides is 2. The van der Waals surface area contributed by atoms with E-state index in [1.165, 1.54) is 6.08 Å². The number of fused-ring (bicyclic) bond motifs is 1. The van der Waals surface area contributed by atoms with E-state index in [2.05, 4.69) is 10.6 Å². The molecule has 2 amide bonds. The molecule has 0 radical (unpaired) electrons. The zero-order chi connectivity index (χ0) is 28.5. The minimum absolute atomic E-state index is 0.0725. The van der Waals surface area contributed by atoms with E-state index in [4.69, 9.17) is 15.2 Å². The van der Waals surface area contributed by atoms with Gasteiger partial charge in [-0.2, -0.15) is 0 Å². The molecule has 1 atom stereocenters. The fourth-order valence-electron chi connectivity index (χ4n) is 4.34. The number of para-hydroxylation sites is 3. The van der Waals surface area contributed by atoms with Gasteiger partial charge in [0.2, 0.25) is 5.91 Å². The van der Waals surface area contributed by atoms with Gasteiger partial charge in [0, 0.05) is 16.4 Å². The molecule has 8 heteroatoms. The van der Waals surface area contributed by atoms with Gasteiger partial charge in [-0.25, -0.2) is 4.79 Å². The van der Waals surface area contributed by atoms with Crippen molar-refractivity contribution in [1.29, 1.82) is 0 Å². The van der Waals surface area contributed by atoms with Crippen molar-refractivity contribution in [3.8, 4) is 5.75 Å². The van der Waals surface area contributed by atoms with Crippen molar-refractivity contribution in [2.24, 2.45) is 5.41 Å². The van der Waals surface area contributed by atoms with E-state index < -0.39 is 17.6 Å². The Hall–Kier alpha value is -4.82. The molecule has 8 nitrogen and oxygen atoms in total. The normalized spacial score (nSPS) is 12.2. The number of nitrogens with one attached hydrogen (secondary N) is 2. The summed E-state index contributed by atoms with van der Waals surface area (Å²) in [7, 11) is 0. The molecule has 0 spiro atoms. The molecular formula is C32H33N3O5. The number of aliphatic hydroxyl groups is 1. The van der Waals surface area contributed by atoms with E-state index >= 15 is 0 Å². The summed E-state index contributed by atoms with van der Waals surface area (Å²) < 4.78 is 11.8. The van der Waals surface area contributed by atoms with Crippen LogP contribution in [0.4, 0.5) is 21.9 Å². The number of hydrogen-bond acceptors (Lipinski definition) is 6. The quantitative estimate of drug-likeness (QED) is 0.138. The van der Waals surface area contributed by atoms with Crippen LogP contribution in [-0.2, 0) is 9.53 Å². The van der Waals surface area contributed by atoms with E-state index in [-0.39, 0.29) is 19.1 Å². The zero-order valence-electron chi connectivity index (χ0n) is 22.5. The molecule has 206 valence electrons. The molecule has 5 N–H and O–H groups in total. The first kappa shape index (κ1) is 28.2. The van der Waals surface area contributed by atoms with Gasteiger partial charge in [0.25, 0.3) is 0 Å². The van der Waals surface area contributed by atoms with E-state index in [1.807, 2.05) is 62.4 Å².